The number of hydrogen-bond acceptors (Lipinski definition) is 2. The number of aliphatic hydroxyl groups is 1. The van der Waals surface area contributed by atoms with E-state index in [0.29, 0.717) is 0 Å². The van der Waals surface area contributed by atoms with Gasteiger partial charge in [0.1, 0.15) is 0 Å². The van der Waals surface area contributed by atoms with Crippen molar-refractivity contribution in [1.82, 2.24) is 4.98 Å². The molecular weight excluding hydrogens is 222 g/mol. The van der Waals surface area contributed by atoms with E-state index in [2.05, 4.69) is 22.7 Å². The van der Waals surface area contributed by atoms with Crippen molar-refractivity contribution in [3.05, 3.63) is 65.0 Å². The molecule has 0 amide bonds. The van der Waals surface area contributed by atoms with E-state index in [9.17, 15) is 0 Å². The second kappa shape index (κ2) is 5.68. The molecule has 1 aromatic carbocycles. The molecule has 0 saturated heterocycles. The van der Waals surface area contributed by atoms with Crippen molar-refractivity contribution in [3.63, 3.8) is 0 Å². The van der Waals surface area contributed by atoms with Gasteiger partial charge in [-0.05, 0) is 23.8 Å². The van der Waals surface area contributed by atoms with Gasteiger partial charge < -0.3 is 5.11 Å². The zero-order chi connectivity index (χ0) is 12.8. The predicted octanol–water partition coefficient (Wildman–Crippen LogP) is 1.95. The normalized spacial score (nSPS) is 9.11. The lowest BCUT2D eigenvalue weighted by molar-refractivity contribution is 0.282. The molecule has 2 aromatic rings. The minimum atomic E-state index is 0.0435. The average Bonchev–Trinajstić information content (AvgIpc) is 2.46. The Morgan fingerprint density at radius 2 is 1.67 bits per heavy atom. The highest BCUT2D eigenvalue weighted by molar-refractivity contribution is 5.45. The Labute approximate surface area is 106 Å². The lowest BCUT2D eigenvalue weighted by Crippen LogP contribution is -1.84. The molecular formula is C16H11NO. The summed E-state index contributed by atoms with van der Waals surface area (Å²) in [7, 11) is 0. The van der Waals surface area contributed by atoms with Crippen LogP contribution in [0.1, 0.15) is 22.3 Å². The summed E-state index contributed by atoms with van der Waals surface area (Å²) in [6, 6.07) is 9.26. The molecule has 0 aliphatic rings. The van der Waals surface area contributed by atoms with Gasteiger partial charge in [0.05, 0.1) is 6.61 Å². The number of hydrogen-bond donors (Lipinski definition) is 1. The van der Waals surface area contributed by atoms with Crippen LogP contribution in [0.25, 0.3) is 0 Å². The molecule has 2 heteroatoms. The molecule has 18 heavy (non-hydrogen) atoms. The summed E-state index contributed by atoms with van der Waals surface area (Å²) < 4.78 is 0. The van der Waals surface area contributed by atoms with E-state index in [-0.39, 0.29) is 6.61 Å². The van der Waals surface area contributed by atoms with E-state index in [1.54, 1.807) is 12.4 Å². The van der Waals surface area contributed by atoms with Crippen LogP contribution < -0.4 is 0 Å². The molecule has 0 spiro atoms. The fourth-order valence-electron chi connectivity index (χ4n) is 1.43. The largest absolute Gasteiger partial charge is 0.392 e. The van der Waals surface area contributed by atoms with Crippen molar-refractivity contribution < 1.29 is 5.11 Å². The van der Waals surface area contributed by atoms with Crippen LogP contribution in [0.5, 0.6) is 0 Å². The number of aliphatic hydroxyl groups excluding tert-OH is 1. The Kier molecular flexibility index (Phi) is 3.76. The number of nitrogens with zero attached hydrogens (tertiary/aromatic N) is 1. The molecule has 1 heterocycles. The molecule has 2 rings (SSSR count). The Morgan fingerprint density at radius 1 is 1.00 bits per heavy atom. The van der Waals surface area contributed by atoms with E-state index < -0.39 is 0 Å². The van der Waals surface area contributed by atoms with Gasteiger partial charge in [-0.15, -0.1) is 6.42 Å². The quantitative estimate of drug-likeness (QED) is 0.764. The van der Waals surface area contributed by atoms with Gasteiger partial charge in [0.25, 0.3) is 0 Å². The summed E-state index contributed by atoms with van der Waals surface area (Å²) in [6.07, 6.45) is 8.60. The number of terminal acetylenes is 1. The zero-order valence-electron chi connectivity index (χ0n) is 9.72. The molecule has 0 atom stereocenters. The van der Waals surface area contributed by atoms with E-state index >= 15 is 0 Å². The molecule has 0 fully saturated rings. The fraction of sp³-hybridized carbons (Fsp3) is 0.0625. The van der Waals surface area contributed by atoms with Crippen LogP contribution in [-0.2, 0) is 6.61 Å². The Balaban J connectivity index is 2.22. The minimum Gasteiger partial charge on any atom is -0.392 e. The van der Waals surface area contributed by atoms with Gasteiger partial charge in [0, 0.05) is 29.1 Å². The Hall–Kier alpha value is -2.55. The van der Waals surface area contributed by atoms with Crippen LogP contribution in [0.4, 0.5) is 0 Å². The smallest absolute Gasteiger partial charge is 0.0681 e. The van der Waals surface area contributed by atoms with E-state index in [0.717, 1.165) is 22.3 Å². The van der Waals surface area contributed by atoms with Crippen LogP contribution in [0.15, 0.2) is 42.7 Å². The monoisotopic (exact) mass is 233 g/mol. The van der Waals surface area contributed by atoms with Gasteiger partial charge in [0.2, 0.25) is 0 Å². The average molecular weight is 233 g/mol. The maximum Gasteiger partial charge on any atom is 0.0681 e. The summed E-state index contributed by atoms with van der Waals surface area (Å²) >= 11 is 0. The fourth-order valence-corrected chi connectivity index (χ4v) is 1.43. The Bertz CT molecular complexity index is 639. The maximum absolute atomic E-state index is 8.93. The lowest BCUT2D eigenvalue weighted by atomic mass is 10.1. The molecule has 1 N–H and O–H groups in total. The van der Waals surface area contributed by atoms with Crippen molar-refractivity contribution in [2.24, 2.45) is 0 Å². The van der Waals surface area contributed by atoms with Crippen LogP contribution in [-0.4, -0.2) is 10.1 Å². The minimum absolute atomic E-state index is 0.0435. The highest BCUT2D eigenvalue weighted by Crippen LogP contribution is 2.04. The highest BCUT2D eigenvalue weighted by atomic mass is 16.3. The van der Waals surface area contributed by atoms with Crippen LogP contribution in [0.3, 0.4) is 0 Å². The lowest BCUT2D eigenvalue weighted by Gasteiger charge is -1.95. The number of rotatable bonds is 1. The number of benzene rings is 1. The van der Waals surface area contributed by atoms with Gasteiger partial charge in [-0.25, -0.2) is 0 Å². The van der Waals surface area contributed by atoms with E-state index in [4.69, 9.17) is 11.5 Å². The van der Waals surface area contributed by atoms with Crippen LogP contribution in [0.2, 0.25) is 0 Å². The second-order valence-corrected chi connectivity index (χ2v) is 3.71. The van der Waals surface area contributed by atoms with Crippen LogP contribution >= 0.6 is 0 Å². The first-order chi connectivity index (χ1) is 8.81. The van der Waals surface area contributed by atoms with E-state index in [1.807, 2.05) is 30.3 Å². The summed E-state index contributed by atoms with van der Waals surface area (Å²) in [5, 5.41) is 8.93. The summed E-state index contributed by atoms with van der Waals surface area (Å²) in [5.41, 5.74) is 3.27. The molecule has 86 valence electrons. The Morgan fingerprint density at radius 3 is 2.33 bits per heavy atom. The molecule has 0 radical (unpaired) electrons. The molecule has 1 aromatic heterocycles. The van der Waals surface area contributed by atoms with Gasteiger partial charge in [-0.1, -0.05) is 29.9 Å². The first kappa shape index (κ1) is 11.9. The van der Waals surface area contributed by atoms with Crippen molar-refractivity contribution in [2.45, 2.75) is 6.61 Å². The van der Waals surface area contributed by atoms with Gasteiger partial charge in [-0.3, -0.25) is 4.98 Å². The highest BCUT2D eigenvalue weighted by Gasteiger charge is 1.92. The van der Waals surface area contributed by atoms with Crippen LogP contribution in [0, 0.1) is 24.2 Å². The summed E-state index contributed by atoms with van der Waals surface area (Å²) in [4.78, 5) is 4.02. The molecule has 0 saturated carbocycles. The van der Waals surface area contributed by atoms with Crippen molar-refractivity contribution in [3.8, 4) is 24.2 Å². The number of pyridine rings is 1. The van der Waals surface area contributed by atoms with Crippen molar-refractivity contribution in [1.29, 1.82) is 0 Å². The second-order valence-electron chi connectivity index (χ2n) is 3.71. The zero-order valence-corrected chi connectivity index (χ0v) is 9.72. The third kappa shape index (κ3) is 2.98. The van der Waals surface area contributed by atoms with Gasteiger partial charge in [-0.2, -0.15) is 0 Å². The van der Waals surface area contributed by atoms with E-state index in [1.165, 1.54) is 0 Å². The number of aromatic nitrogens is 1. The summed E-state index contributed by atoms with van der Waals surface area (Å²) in [5.74, 6) is 8.55. The first-order valence-corrected chi connectivity index (χ1v) is 5.45. The molecule has 2 nitrogen and oxygen atoms in total. The molecule has 0 bridgehead atoms. The third-order valence-electron chi connectivity index (χ3n) is 2.39. The standard InChI is InChI=1S/C16H11NO/c1-2-13-9-16(11-17-10-13)8-5-14-3-6-15(12-18)7-4-14/h1,3-4,6-7,9-11,18H,12H2. The van der Waals surface area contributed by atoms with Gasteiger partial charge >= 0.3 is 0 Å². The predicted molar refractivity (Wildman–Crippen MR) is 70.5 cm³/mol. The van der Waals surface area contributed by atoms with Crippen molar-refractivity contribution >= 4 is 0 Å². The topological polar surface area (TPSA) is 33.1 Å². The SMILES string of the molecule is C#Cc1cncc(C#Cc2ccc(CO)cc2)c1. The van der Waals surface area contributed by atoms with Gasteiger partial charge in [0.15, 0.2) is 0 Å². The molecule has 0 unspecified atom stereocenters. The molecule has 0 aliphatic carbocycles. The summed E-state index contributed by atoms with van der Waals surface area (Å²) in [6.45, 7) is 0.0435. The molecule has 0 aliphatic heterocycles. The van der Waals surface area contributed by atoms with Crippen molar-refractivity contribution in [2.75, 3.05) is 0 Å². The first-order valence-electron chi connectivity index (χ1n) is 5.45. The third-order valence-corrected chi connectivity index (χ3v) is 2.39. The maximum atomic E-state index is 8.93.